The van der Waals surface area contributed by atoms with E-state index in [9.17, 15) is 0 Å². The van der Waals surface area contributed by atoms with E-state index in [1.165, 1.54) is 12.8 Å². The van der Waals surface area contributed by atoms with E-state index in [0.717, 1.165) is 18.0 Å². The molecule has 1 aromatic rings. The van der Waals surface area contributed by atoms with Crippen molar-refractivity contribution in [3.63, 3.8) is 0 Å². The van der Waals surface area contributed by atoms with Crippen LogP contribution in [0.3, 0.4) is 0 Å². The number of nitrogens with zero attached hydrogens (tertiary/aromatic N) is 1. The summed E-state index contributed by atoms with van der Waals surface area (Å²) in [4.78, 5) is 4.23. The highest BCUT2D eigenvalue weighted by Gasteiger charge is 2.05. The third-order valence-electron chi connectivity index (χ3n) is 2.49. The number of hydrogen-bond donors (Lipinski definition) is 1. The Morgan fingerprint density at radius 1 is 1.44 bits per heavy atom. The zero-order chi connectivity index (χ0) is 11.8. The van der Waals surface area contributed by atoms with Crippen molar-refractivity contribution in [1.82, 2.24) is 10.3 Å². The Morgan fingerprint density at radius 2 is 2.25 bits per heavy atom. The van der Waals surface area contributed by atoms with E-state index < -0.39 is 0 Å². The highest BCUT2D eigenvalue weighted by molar-refractivity contribution is 5.25. The van der Waals surface area contributed by atoms with Gasteiger partial charge in [0.2, 0.25) is 5.88 Å². The maximum absolute atomic E-state index is 5.48. The summed E-state index contributed by atoms with van der Waals surface area (Å²) in [6.07, 6.45) is 4.17. The van der Waals surface area contributed by atoms with E-state index in [0.29, 0.717) is 12.6 Å². The second-order valence-electron chi connectivity index (χ2n) is 3.97. The summed E-state index contributed by atoms with van der Waals surface area (Å²) < 4.78 is 5.48. The van der Waals surface area contributed by atoms with Crippen LogP contribution >= 0.6 is 0 Å². The summed E-state index contributed by atoms with van der Waals surface area (Å²) in [5.74, 6) is 0.751. The molecule has 0 saturated heterocycles. The molecule has 1 unspecified atom stereocenters. The van der Waals surface area contributed by atoms with Crippen LogP contribution in [0.15, 0.2) is 18.3 Å². The average Bonchev–Trinajstić information content (AvgIpc) is 2.29. The first-order valence-electron chi connectivity index (χ1n) is 6.08. The van der Waals surface area contributed by atoms with Crippen LogP contribution in [0.5, 0.6) is 5.88 Å². The van der Waals surface area contributed by atoms with Crippen molar-refractivity contribution in [3.05, 3.63) is 23.9 Å². The van der Waals surface area contributed by atoms with Crippen LogP contribution in [0.1, 0.15) is 39.2 Å². The summed E-state index contributed by atoms with van der Waals surface area (Å²) >= 11 is 0. The second-order valence-corrected chi connectivity index (χ2v) is 3.97. The van der Waals surface area contributed by atoms with E-state index in [1.54, 1.807) is 6.20 Å². The van der Waals surface area contributed by atoms with Gasteiger partial charge in [-0.2, -0.15) is 0 Å². The van der Waals surface area contributed by atoms with Crippen LogP contribution in [0.2, 0.25) is 0 Å². The van der Waals surface area contributed by atoms with Crippen molar-refractivity contribution in [2.24, 2.45) is 0 Å². The summed E-state index contributed by atoms with van der Waals surface area (Å²) in [5.41, 5.74) is 1.13. The Morgan fingerprint density at radius 3 is 2.94 bits per heavy atom. The van der Waals surface area contributed by atoms with Crippen LogP contribution in [-0.4, -0.2) is 17.6 Å². The molecule has 3 nitrogen and oxygen atoms in total. The Bertz CT molecular complexity index is 302. The van der Waals surface area contributed by atoms with Gasteiger partial charge in [-0.3, -0.25) is 0 Å². The Kier molecular flexibility index (Phi) is 5.86. The van der Waals surface area contributed by atoms with Gasteiger partial charge in [-0.05, 0) is 26.3 Å². The van der Waals surface area contributed by atoms with Crippen LogP contribution in [-0.2, 0) is 6.54 Å². The van der Waals surface area contributed by atoms with Crippen molar-refractivity contribution in [2.45, 2.75) is 46.2 Å². The summed E-state index contributed by atoms with van der Waals surface area (Å²) in [7, 11) is 0. The molecule has 0 aliphatic rings. The molecule has 0 aromatic carbocycles. The molecule has 0 saturated carbocycles. The van der Waals surface area contributed by atoms with Gasteiger partial charge in [-0.25, -0.2) is 4.98 Å². The molecule has 0 fully saturated rings. The van der Waals surface area contributed by atoms with E-state index in [4.69, 9.17) is 4.74 Å². The molecule has 0 radical (unpaired) electrons. The highest BCUT2D eigenvalue weighted by atomic mass is 16.5. The van der Waals surface area contributed by atoms with Crippen molar-refractivity contribution >= 4 is 0 Å². The molecule has 3 heteroatoms. The monoisotopic (exact) mass is 222 g/mol. The lowest BCUT2D eigenvalue weighted by Crippen LogP contribution is -2.25. The quantitative estimate of drug-likeness (QED) is 0.770. The predicted molar refractivity (Wildman–Crippen MR) is 66.6 cm³/mol. The van der Waals surface area contributed by atoms with Crippen LogP contribution < -0.4 is 10.1 Å². The summed E-state index contributed by atoms with van der Waals surface area (Å²) in [6.45, 7) is 7.87. The fourth-order valence-electron chi connectivity index (χ4n) is 1.64. The second kappa shape index (κ2) is 7.23. The highest BCUT2D eigenvalue weighted by Crippen LogP contribution is 2.14. The molecule has 1 rings (SSSR count). The van der Waals surface area contributed by atoms with Gasteiger partial charge in [0.05, 0.1) is 6.61 Å². The number of rotatable bonds is 7. The van der Waals surface area contributed by atoms with Crippen LogP contribution in [0.25, 0.3) is 0 Å². The van der Waals surface area contributed by atoms with Gasteiger partial charge in [0.25, 0.3) is 0 Å². The summed E-state index contributed by atoms with van der Waals surface area (Å²) in [6, 6.07) is 4.55. The topological polar surface area (TPSA) is 34.2 Å². The molecule has 1 N–H and O–H groups in total. The zero-order valence-corrected chi connectivity index (χ0v) is 10.5. The van der Waals surface area contributed by atoms with Crippen LogP contribution in [0, 0.1) is 0 Å². The van der Waals surface area contributed by atoms with Crippen molar-refractivity contribution < 1.29 is 4.74 Å². The molecular formula is C13H22N2O. The molecule has 90 valence electrons. The van der Waals surface area contributed by atoms with Crippen molar-refractivity contribution in [1.29, 1.82) is 0 Å². The SMILES string of the molecule is CCCC(C)NCc1cccnc1OCC. The first kappa shape index (κ1) is 13.0. The third kappa shape index (κ3) is 4.19. The number of hydrogen-bond acceptors (Lipinski definition) is 3. The molecule has 0 bridgehead atoms. The molecule has 0 aliphatic heterocycles. The maximum atomic E-state index is 5.48. The van der Waals surface area contributed by atoms with E-state index >= 15 is 0 Å². The maximum Gasteiger partial charge on any atom is 0.217 e. The van der Waals surface area contributed by atoms with Gasteiger partial charge in [-0.1, -0.05) is 19.4 Å². The fraction of sp³-hybridized carbons (Fsp3) is 0.615. The number of aromatic nitrogens is 1. The minimum Gasteiger partial charge on any atom is -0.478 e. The first-order chi connectivity index (χ1) is 7.77. The Balaban J connectivity index is 2.52. The van der Waals surface area contributed by atoms with E-state index in [1.807, 2.05) is 13.0 Å². The molecule has 16 heavy (non-hydrogen) atoms. The molecule has 1 heterocycles. The standard InChI is InChI=1S/C13H22N2O/c1-4-7-11(3)15-10-12-8-6-9-14-13(12)16-5-2/h6,8-9,11,15H,4-5,7,10H2,1-3H3. The van der Waals surface area contributed by atoms with Gasteiger partial charge in [-0.15, -0.1) is 0 Å². The molecule has 1 aromatic heterocycles. The lowest BCUT2D eigenvalue weighted by molar-refractivity contribution is 0.321. The lowest BCUT2D eigenvalue weighted by atomic mass is 10.2. The van der Waals surface area contributed by atoms with Gasteiger partial charge in [0.1, 0.15) is 0 Å². The fourth-order valence-corrected chi connectivity index (χ4v) is 1.64. The number of pyridine rings is 1. The van der Waals surface area contributed by atoms with Gasteiger partial charge in [0, 0.05) is 24.3 Å². The molecular weight excluding hydrogens is 200 g/mol. The molecule has 1 atom stereocenters. The smallest absolute Gasteiger partial charge is 0.217 e. The van der Waals surface area contributed by atoms with Crippen LogP contribution in [0.4, 0.5) is 0 Å². The van der Waals surface area contributed by atoms with Crippen molar-refractivity contribution in [3.8, 4) is 5.88 Å². The minimum atomic E-state index is 0.541. The normalized spacial score (nSPS) is 12.4. The van der Waals surface area contributed by atoms with Crippen molar-refractivity contribution in [2.75, 3.05) is 6.61 Å². The summed E-state index contributed by atoms with van der Waals surface area (Å²) in [5, 5.41) is 3.48. The van der Waals surface area contributed by atoms with E-state index in [2.05, 4.69) is 30.2 Å². The van der Waals surface area contributed by atoms with Gasteiger partial charge < -0.3 is 10.1 Å². The average molecular weight is 222 g/mol. The molecule has 0 spiro atoms. The Hall–Kier alpha value is -1.09. The molecule has 0 aliphatic carbocycles. The largest absolute Gasteiger partial charge is 0.478 e. The van der Waals surface area contributed by atoms with Gasteiger partial charge in [0.15, 0.2) is 0 Å². The first-order valence-corrected chi connectivity index (χ1v) is 6.08. The lowest BCUT2D eigenvalue weighted by Gasteiger charge is -2.14. The molecule has 0 amide bonds. The predicted octanol–water partition coefficient (Wildman–Crippen LogP) is 2.76. The Labute approximate surface area is 98.2 Å². The number of ether oxygens (including phenoxy) is 1. The van der Waals surface area contributed by atoms with Gasteiger partial charge >= 0.3 is 0 Å². The third-order valence-corrected chi connectivity index (χ3v) is 2.49. The van der Waals surface area contributed by atoms with E-state index in [-0.39, 0.29) is 0 Å². The zero-order valence-electron chi connectivity index (χ0n) is 10.5. The number of nitrogens with one attached hydrogen (secondary N) is 1. The minimum absolute atomic E-state index is 0.541.